The smallest absolute Gasteiger partial charge is 0.0327 e. The zero-order valence-corrected chi connectivity index (χ0v) is 12.7. The molecule has 1 aliphatic carbocycles. The van der Waals surface area contributed by atoms with Gasteiger partial charge in [-0.15, -0.1) is 0 Å². The minimum Gasteiger partial charge on any atom is -0.329 e. The second kappa shape index (κ2) is 6.06. The number of nitrogens with two attached hydrogens (primary N) is 1. The summed E-state index contributed by atoms with van der Waals surface area (Å²) >= 11 is 0. The van der Waals surface area contributed by atoms with Gasteiger partial charge in [-0.2, -0.15) is 0 Å². The first-order valence-corrected chi connectivity index (χ1v) is 7.67. The van der Waals surface area contributed by atoms with Gasteiger partial charge in [-0.05, 0) is 55.8 Å². The zero-order chi connectivity index (χ0) is 13.9. The first kappa shape index (κ1) is 14.5. The van der Waals surface area contributed by atoms with Gasteiger partial charge in [0.15, 0.2) is 0 Å². The number of nitrogens with zero attached hydrogens (tertiary/aromatic N) is 1. The van der Waals surface area contributed by atoms with Gasteiger partial charge in [-0.1, -0.05) is 32.0 Å². The summed E-state index contributed by atoms with van der Waals surface area (Å²) in [6.45, 7) is 6.23. The van der Waals surface area contributed by atoms with Crippen molar-refractivity contribution in [2.45, 2.75) is 58.0 Å². The minimum absolute atomic E-state index is 0.152. The summed E-state index contributed by atoms with van der Waals surface area (Å²) in [5.74, 6) is 0. The number of hydrogen-bond acceptors (Lipinski definition) is 2. The topological polar surface area (TPSA) is 29.3 Å². The van der Waals surface area contributed by atoms with Crippen LogP contribution in [-0.2, 0) is 19.4 Å². The normalized spacial score (nSPS) is 15.0. The summed E-state index contributed by atoms with van der Waals surface area (Å²) in [5, 5.41) is 0. The van der Waals surface area contributed by atoms with Gasteiger partial charge in [0.25, 0.3) is 0 Å². The van der Waals surface area contributed by atoms with Gasteiger partial charge in [-0.25, -0.2) is 0 Å². The highest BCUT2D eigenvalue weighted by atomic mass is 15.2. The Labute approximate surface area is 118 Å². The van der Waals surface area contributed by atoms with Gasteiger partial charge in [-0.3, -0.25) is 4.90 Å². The van der Waals surface area contributed by atoms with E-state index in [1.807, 2.05) is 0 Å². The number of hydrogen-bond donors (Lipinski definition) is 1. The van der Waals surface area contributed by atoms with Gasteiger partial charge in [0.05, 0.1) is 0 Å². The molecule has 2 N–H and O–H groups in total. The summed E-state index contributed by atoms with van der Waals surface area (Å²) in [6, 6.07) is 7.03. The molecule has 0 atom stereocenters. The van der Waals surface area contributed by atoms with E-state index in [0.717, 1.165) is 25.9 Å². The Balaban J connectivity index is 2.12. The van der Waals surface area contributed by atoms with Gasteiger partial charge in [0, 0.05) is 18.6 Å². The van der Waals surface area contributed by atoms with Crippen LogP contribution in [0.25, 0.3) is 0 Å². The Hall–Kier alpha value is -0.860. The Bertz CT molecular complexity index is 413. The van der Waals surface area contributed by atoms with E-state index in [4.69, 9.17) is 5.73 Å². The van der Waals surface area contributed by atoms with Gasteiger partial charge in [0.1, 0.15) is 0 Å². The summed E-state index contributed by atoms with van der Waals surface area (Å²) < 4.78 is 0. The number of benzene rings is 1. The first-order chi connectivity index (χ1) is 9.15. The average molecular weight is 260 g/mol. The van der Waals surface area contributed by atoms with Crippen molar-refractivity contribution >= 4 is 0 Å². The van der Waals surface area contributed by atoms with E-state index >= 15 is 0 Å². The summed E-state index contributed by atoms with van der Waals surface area (Å²) in [4.78, 5) is 2.45. The number of likely N-dealkylation sites (N-methyl/N-ethyl adjacent to an activating group) is 1. The summed E-state index contributed by atoms with van der Waals surface area (Å²) in [5.41, 5.74) is 10.7. The Kier molecular flexibility index (Phi) is 4.64. The molecule has 1 aromatic carbocycles. The van der Waals surface area contributed by atoms with Crippen molar-refractivity contribution < 1.29 is 0 Å². The molecule has 2 heteroatoms. The fourth-order valence-electron chi connectivity index (χ4n) is 3.40. The van der Waals surface area contributed by atoms with Crippen molar-refractivity contribution in [2.24, 2.45) is 5.73 Å². The average Bonchev–Trinajstić information content (AvgIpc) is 2.89. The van der Waals surface area contributed by atoms with E-state index in [9.17, 15) is 0 Å². The van der Waals surface area contributed by atoms with Crippen molar-refractivity contribution in [3.63, 3.8) is 0 Å². The Morgan fingerprint density at radius 1 is 1.16 bits per heavy atom. The predicted molar refractivity (Wildman–Crippen MR) is 82.3 cm³/mol. The first-order valence-electron chi connectivity index (χ1n) is 7.67. The van der Waals surface area contributed by atoms with Crippen molar-refractivity contribution in [3.8, 4) is 0 Å². The standard InChI is InChI=1S/C17H28N2/c1-4-17(5-2,13-18)19(3)12-14-9-10-15-7-6-8-16(15)11-14/h9-11H,4-8,12-13,18H2,1-3H3. The van der Waals surface area contributed by atoms with Crippen molar-refractivity contribution in [1.82, 2.24) is 4.90 Å². The van der Waals surface area contributed by atoms with Crippen LogP contribution in [0.4, 0.5) is 0 Å². The fourth-order valence-corrected chi connectivity index (χ4v) is 3.40. The molecule has 0 saturated heterocycles. The summed E-state index contributed by atoms with van der Waals surface area (Å²) in [7, 11) is 2.22. The van der Waals surface area contributed by atoms with E-state index < -0.39 is 0 Å². The minimum atomic E-state index is 0.152. The highest BCUT2D eigenvalue weighted by Crippen LogP contribution is 2.26. The van der Waals surface area contributed by atoms with Crippen LogP contribution in [0.15, 0.2) is 18.2 Å². The van der Waals surface area contributed by atoms with E-state index in [0.29, 0.717) is 0 Å². The highest BCUT2D eigenvalue weighted by molar-refractivity contribution is 5.35. The second-order valence-electron chi connectivity index (χ2n) is 5.95. The maximum atomic E-state index is 6.03. The number of rotatable bonds is 6. The van der Waals surface area contributed by atoms with Crippen LogP contribution < -0.4 is 5.73 Å². The molecule has 106 valence electrons. The van der Waals surface area contributed by atoms with Gasteiger partial charge >= 0.3 is 0 Å². The molecule has 0 radical (unpaired) electrons. The lowest BCUT2D eigenvalue weighted by Gasteiger charge is -2.40. The van der Waals surface area contributed by atoms with Crippen LogP contribution >= 0.6 is 0 Å². The molecule has 19 heavy (non-hydrogen) atoms. The largest absolute Gasteiger partial charge is 0.329 e. The molecular weight excluding hydrogens is 232 g/mol. The monoisotopic (exact) mass is 260 g/mol. The van der Waals surface area contributed by atoms with Crippen LogP contribution in [0.3, 0.4) is 0 Å². The number of aryl methyl sites for hydroxylation is 2. The quantitative estimate of drug-likeness (QED) is 0.851. The van der Waals surface area contributed by atoms with Crippen molar-refractivity contribution in [3.05, 3.63) is 34.9 Å². The third-order valence-electron chi connectivity index (χ3n) is 5.09. The third kappa shape index (κ3) is 2.85. The van der Waals surface area contributed by atoms with Crippen LogP contribution in [0, 0.1) is 0 Å². The molecule has 1 aliphatic rings. The van der Waals surface area contributed by atoms with Crippen LogP contribution in [-0.4, -0.2) is 24.0 Å². The predicted octanol–water partition coefficient (Wildman–Crippen LogP) is 3.12. The Morgan fingerprint density at radius 3 is 2.47 bits per heavy atom. The van der Waals surface area contributed by atoms with Crippen molar-refractivity contribution in [1.29, 1.82) is 0 Å². The second-order valence-corrected chi connectivity index (χ2v) is 5.95. The van der Waals surface area contributed by atoms with Gasteiger partial charge < -0.3 is 5.73 Å². The lowest BCUT2D eigenvalue weighted by molar-refractivity contribution is 0.108. The third-order valence-corrected chi connectivity index (χ3v) is 5.09. The van der Waals surface area contributed by atoms with Crippen LogP contribution in [0.5, 0.6) is 0 Å². The van der Waals surface area contributed by atoms with Crippen LogP contribution in [0.2, 0.25) is 0 Å². The molecule has 0 saturated carbocycles. The van der Waals surface area contributed by atoms with E-state index in [1.54, 1.807) is 11.1 Å². The van der Waals surface area contributed by atoms with E-state index in [-0.39, 0.29) is 5.54 Å². The summed E-state index contributed by atoms with van der Waals surface area (Å²) in [6.07, 6.45) is 6.08. The SMILES string of the molecule is CCC(CC)(CN)N(C)Cc1ccc2c(c1)CCC2. The molecule has 2 rings (SSSR count). The maximum absolute atomic E-state index is 6.03. The zero-order valence-electron chi connectivity index (χ0n) is 12.7. The molecule has 0 amide bonds. The van der Waals surface area contributed by atoms with Gasteiger partial charge in [0.2, 0.25) is 0 Å². The number of fused-ring (bicyclic) bond motifs is 1. The Morgan fingerprint density at radius 2 is 1.84 bits per heavy atom. The molecule has 0 aliphatic heterocycles. The molecule has 1 aromatic rings. The molecule has 0 bridgehead atoms. The highest BCUT2D eigenvalue weighted by Gasteiger charge is 2.29. The molecule has 0 fully saturated rings. The molecule has 0 unspecified atom stereocenters. The molecule has 2 nitrogen and oxygen atoms in total. The van der Waals surface area contributed by atoms with Crippen LogP contribution in [0.1, 0.15) is 49.8 Å². The van der Waals surface area contributed by atoms with Crippen molar-refractivity contribution in [2.75, 3.05) is 13.6 Å². The fraction of sp³-hybridized carbons (Fsp3) is 0.647. The lowest BCUT2D eigenvalue weighted by atomic mass is 9.90. The lowest BCUT2D eigenvalue weighted by Crippen LogP contribution is -2.50. The molecular formula is C17H28N2. The molecule has 0 aromatic heterocycles. The maximum Gasteiger partial charge on any atom is 0.0327 e. The van der Waals surface area contributed by atoms with E-state index in [2.05, 4.69) is 44.0 Å². The van der Waals surface area contributed by atoms with E-state index in [1.165, 1.54) is 24.8 Å². The molecule has 0 heterocycles. The molecule has 0 spiro atoms.